The van der Waals surface area contributed by atoms with Crippen LogP contribution in [-0.2, 0) is 16.1 Å². The molecule has 0 heterocycles. The molecule has 2 aromatic carbocycles. The van der Waals surface area contributed by atoms with E-state index >= 15 is 0 Å². The molecular weight excluding hydrogens is 344 g/mol. The van der Waals surface area contributed by atoms with E-state index in [2.05, 4.69) is 5.32 Å². The number of aryl methyl sites for hydroxylation is 2. The van der Waals surface area contributed by atoms with Crippen molar-refractivity contribution < 1.29 is 19.1 Å². The number of nitrogens with one attached hydrogen (secondary N) is 1. The largest absolute Gasteiger partial charge is 0.493 e. The molecule has 0 bridgehead atoms. The fourth-order valence-corrected chi connectivity index (χ4v) is 2.84. The number of hydrogen-bond donors (Lipinski definition) is 1. The molecule has 0 atom stereocenters. The number of carbonyl (C=O) groups is 2. The highest BCUT2D eigenvalue weighted by Crippen LogP contribution is 2.28. The number of benzene rings is 2. The van der Waals surface area contributed by atoms with Gasteiger partial charge in [0.2, 0.25) is 11.8 Å². The molecule has 2 aromatic rings. The Hall–Kier alpha value is -3.02. The monoisotopic (exact) mass is 370 g/mol. The zero-order chi connectivity index (χ0) is 20.0. The van der Waals surface area contributed by atoms with E-state index in [0.29, 0.717) is 18.0 Å². The van der Waals surface area contributed by atoms with E-state index in [9.17, 15) is 9.59 Å². The highest BCUT2D eigenvalue weighted by atomic mass is 16.5. The van der Waals surface area contributed by atoms with Crippen molar-refractivity contribution in [3.05, 3.63) is 53.1 Å². The summed E-state index contributed by atoms with van der Waals surface area (Å²) in [6.07, 6.45) is 0. The summed E-state index contributed by atoms with van der Waals surface area (Å²) in [6, 6.07) is 11.3. The van der Waals surface area contributed by atoms with Crippen molar-refractivity contribution in [1.29, 1.82) is 0 Å². The molecular formula is C21H26N2O4. The molecule has 0 aliphatic heterocycles. The second kappa shape index (κ2) is 9.07. The minimum absolute atomic E-state index is 0.0303. The van der Waals surface area contributed by atoms with Crippen LogP contribution in [0.4, 0.5) is 5.69 Å². The van der Waals surface area contributed by atoms with Crippen molar-refractivity contribution in [3.8, 4) is 11.5 Å². The maximum absolute atomic E-state index is 12.5. The van der Waals surface area contributed by atoms with Crippen LogP contribution in [0.15, 0.2) is 36.4 Å². The maximum Gasteiger partial charge on any atom is 0.244 e. The van der Waals surface area contributed by atoms with Crippen LogP contribution in [-0.4, -0.2) is 37.5 Å². The van der Waals surface area contributed by atoms with E-state index in [0.717, 1.165) is 22.4 Å². The van der Waals surface area contributed by atoms with Gasteiger partial charge in [-0.2, -0.15) is 0 Å². The number of ether oxygens (including phenoxy) is 2. The van der Waals surface area contributed by atoms with Gasteiger partial charge in [0.15, 0.2) is 11.5 Å². The molecule has 0 fully saturated rings. The molecule has 0 radical (unpaired) electrons. The fraction of sp³-hybridized carbons (Fsp3) is 0.333. The number of para-hydroxylation sites is 1. The van der Waals surface area contributed by atoms with Gasteiger partial charge in [-0.25, -0.2) is 0 Å². The van der Waals surface area contributed by atoms with Gasteiger partial charge >= 0.3 is 0 Å². The van der Waals surface area contributed by atoms with E-state index in [1.165, 1.54) is 11.8 Å². The molecule has 6 nitrogen and oxygen atoms in total. The predicted molar refractivity (Wildman–Crippen MR) is 105 cm³/mol. The van der Waals surface area contributed by atoms with E-state index in [1.54, 1.807) is 26.4 Å². The number of amides is 2. The first-order valence-corrected chi connectivity index (χ1v) is 8.68. The quantitative estimate of drug-likeness (QED) is 0.812. The van der Waals surface area contributed by atoms with Crippen molar-refractivity contribution >= 4 is 17.5 Å². The summed E-state index contributed by atoms with van der Waals surface area (Å²) in [7, 11) is 3.12. The van der Waals surface area contributed by atoms with Crippen molar-refractivity contribution in [2.24, 2.45) is 0 Å². The van der Waals surface area contributed by atoms with E-state index in [1.807, 2.05) is 38.1 Å². The molecule has 0 unspecified atom stereocenters. The van der Waals surface area contributed by atoms with E-state index < -0.39 is 0 Å². The highest BCUT2D eigenvalue weighted by molar-refractivity contribution is 5.95. The molecule has 2 amide bonds. The molecule has 0 saturated carbocycles. The number of carbonyl (C=O) groups excluding carboxylic acids is 2. The topological polar surface area (TPSA) is 67.9 Å². The zero-order valence-electron chi connectivity index (χ0n) is 16.5. The van der Waals surface area contributed by atoms with Gasteiger partial charge < -0.3 is 19.7 Å². The zero-order valence-corrected chi connectivity index (χ0v) is 16.5. The first kappa shape index (κ1) is 20.3. The summed E-state index contributed by atoms with van der Waals surface area (Å²) in [4.78, 5) is 26.0. The van der Waals surface area contributed by atoms with Crippen molar-refractivity contribution in [2.75, 3.05) is 26.1 Å². The second-order valence-electron chi connectivity index (χ2n) is 6.38. The third-order valence-electron chi connectivity index (χ3n) is 4.35. The van der Waals surface area contributed by atoms with Crippen LogP contribution in [0.5, 0.6) is 11.5 Å². The molecule has 0 aliphatic carbocycles. The van der Waals surface area contributed by atoms with Gasteiger partial charge in [-0.05, 0) is 42.7 Å². The summed E-state index contributed by atoms with van der Waals surface area (Å²) in [5.74, 6) is 0.784. The van der Waals surface area contributed by atoms with E-state index in [-0.39, 0.29) is 18.4 Å². The smallest absolute Gasteiger partial charge is 0.244 e. The van der Waals surface area contributed by atoms with Crippen LogP contribution in [0.25, 0.3) is 0 Å². The Balaban J connectivity index is 2.11. The lowest BCUT2D eigenvalue weighted by Gasteiger charge is -2.22. The van der Waals surface area contributed by atoms with Crippen LogP contribution in [0, 0.1) is 13.8 Å². The predicted octanol–water partition coefficient (Wildman–Crippen LogP) is 3.31. The Morgan fingerprint density at radius 1 is 1.00 bits per heavy atom. The van der Waals surface area contributed by atoms with Crippen molar-refractivity contribution in [2.45, 2.75) is 27.3 Å². The minimum Gasteiger partial charge on any atom is -0.493 e. The van der Waals surface area contributed by atoms with Gasteiger partial charge in [-0.15, -0.1) is 0 Å². The van der Waals surface area contributed by atoms with Gasteiger partial charge in [0, 0.05) is 19.2 Å². The van der Waals surface area contributed by atoms with E-state index in [4.69, 9.17) is 9.47 Å². The first-order chi connectivity index (χ1) is 12.8. The van der Waals surface area contributed by atoms with Crippen LogP contribution in [0.3, 0.4) is 0 Å². The van der Waals surface area contributed by atoms with Crippen molar-refractivity contribution in [3.63, 3.8) is 0 Å². The third-order valence-corrected chi connectivity index (χ3v) is 4.35. The molecule has 0 saturated heterocycles. The lowest BCUT2D eigenvalue weighted by atomic mass is 10.1. The van der Waals surface area contributed by atoms with Crippen LogP contribution in [0.1, 0.15) is 23.6 Å². The van der Waals surface area contributed by atoms with Gasteiger partial charge in [0.1, 0.15) is 6.54 Å². The van der Waals surface area contributed by atoms with Crippen molar-refractivity contribution in [1.82, 2.24) is 4.90 Å². The van der Waals surface area contributed by atoms with Gasteiger partial charge in [0.25, 0.3) is 0 Å². The second-order valence-corrected chi connectivity index (χ2v) is 6.38. The lowest BCUT2D eigenvalue weighted by molar-refractivity contribution is -0.133. The Bertz CT molecular complexity index is 813. The Kier molecular flexibility index (Phi) is 6.82. The van der Waals surface area contributed by atoms with Crippen LogP contribution >= 0.6 is 0 Å². The number of rotatable bonds is 7. The number of methoxy groups -OCH3 is 2. The molecule has 2 rings (SSSR count). The molecule has 0 aliphatic rings. The highest BCUT2D eigenvalue weighted by Gasteiger charge is 2.16. The van der Waals surface area contributed by atoms with Crippen LogP contribution < -0.4 is 14.8 Å². The third kappa shape index (κ3) is 5.23. The summed E-state index contributed by atoms with van der Waals surface area (Å²) in [5.41, 5.74) is 3.61. The fourth-order valence-electron chi connectivity index (χ4n) is 2.84. The molecule has 6 heteroatoms. The molecule has 27 heavy (non-hydrogen) atoms. The maximum atomic E-state index is 12.5. The summed E-state index contributed by atoms with van der Waals surface area (Å²) < 4.78 is 10.5. The number of hydrogen-bond acceptors (Lipinski definition) is 4. The first-order valence-electron chi connectivity index (χ1n) is 8.68. The Morgan fingerprint density at radius 2 is 1.63 bits per heavy atom. The molecule has 1 N–H and O–H groups in total. The molecule has 0 spiro atoms. The Labute approximate surface area is 160 Å². The minimum atomic E-state index is -0.233. The van der Waals surface area contributed by atoms with Gasteiger partial charge in [-0.3, -0.25) is 9.59 Å². The average molecular weight is 370 g/mol. The summed E-state index contributed by atoms with van der Waals surface area (Å²) >= 11 is 0. The SMILES string of the molecule is COc1ccc(CN(CC(=O)Nc2c(C)cccc2C)C(C)=O)cc1OC. The number of nitrogens with zero attached hydrogens (tertiary/aromatic N) is 1. The normalized spacial score (nSPS) is 10.3. The molecule has 0 aromatic heterocycles. The number of anilines is 1. The average Bonchev–Trinajstić information content (AvgIpc) is 2.64. The molecule has 144 valence electrons. The summed E-state index contributed by atoms with van der Waals surface area (Å²) in [5, 5.41) is 2.91. The van der Waals surface area contributed by atoms with Gasteiger partial charge in [0.05, 0.1) is 14.2 Å². The standard InChI is InChI=1S/C21H26N2O4/c1-14-7-6-8-15(2)21(14)22-20(25)13-23(16(3)24)12-17-9-10-18(26-4)19(11-17)27-5/h6-11H,12-13H2,1-5H3,(H,22,25). The lowest BCUT2D eigenvalue weighted by Crippen LogP contribution is -2.36. The van der Waals surface area contributed by atoms with Gasteiger partial charge in [-0.1, -0.05) is 24.3 Å². The summed E-state index contributed by atoms with van der Waals surface area (Å²) in [6.45, 7) is 5.60. The Morgan fingerprint density at radius 3 is 2.19 bits per heavy atom. The van der Waals surface area contributed by atoms with Crippen LogP contribution in [0.2, 0.25) is 0 Å².